The molecule has 0 aromatic heterocycles. The van der Waals surface area contributed by atoms with Gasteiger partial charge < -0.3 is 28.4 Å². The van der Waals surface area contributed by atoms with Crippen LogP contribution in [0.15, 0.2) is 54.6 Å². The lowest BCUT2D eigenvalue weighted by atomic mass is 10.1. The average Bonchev–Trinajstić information content (AvgIpc) is 3.45. The topological polar surface area (TPSA) is 55.4 Å². The van der Waals surface area contributed by atoms with E-state index < -0.39 is 0 Å². The summed E-state index contributed by atoms with van der Waals surface area (Å²) in [4.78, 5) is 0. The van der Waals surface area contributed by atoms with Crippen molar-refractivity contribution in [1.29, 1.82) is 0 Å². The maximum Gasteiger partial charge on any atom is 0.231 e. The Morgan fingerprint density at radius 1 is 0.833 bits per heavy atom. The van der Waals surface area contributed by atoms with Crippen LogP contribution in [-0.2, 0) is 6.61 Å². The van der Waals surface area contributed by atoms with Gasteiger partial charge in [-0.3, -0.25) is 0 Å². The van der Waals surface area contributed by atoms with E-state index in [1.165, 1.54) is 0 Å². The largest absolute Gasteiger partial charge is 0.496 e. The van der Waals surface area contributed by atoms with Crippen LogP contribution in [0.25, 0.3) is 12.2 Å². The molecular formula is C24H20O6. The smallest absolute Gasteiger partial charge is 0.231 e. The van der Waals surface area contributed by atoms with Gasteiger partial charge in [0.15, 0.2) is 23.0 Å². The summed E-state index contributed by atoms with van der Waals surface area (Å²) >= 11 is 0. The fraction of sp³-hybridized carbons (Fsp3) is 0.167. The summed E-state index contributed by atoms with van der Waals surface area (Å²) in [7, 11) is 1.62. The van der Waals surface area contributed by atoms with Crippen molar-refractivity contribution in [1.82, 2.24) is 0 Å². The minimum atomic E-state index is 0.148. The van der Waals surface area contributed by atoms with Crippen LogP contribution in [0, 0.1) is 0 Å². The van der Waals surface area contributed by atoms with E-state index in [2.05, 4.69) is 0 Å². The predicted molar refractivity (Wildman–Crippen MR) is 111 cm³/mol. The van der Waals surface area contributed by atoms with E-state index in [9.17, 15) is 0 Å². The van der Waals surface area contributed by atoms with Crippen molar-refractivity contribution in [2.24, 2.45) is 0 Å². The van der Waals surface area contributed by atoms with Crippen LogP contribution in [0.4, 0.5) is 0 Å². The van der Waals surface area contributed by atoms with Gasteiger partial charge in [0.25, 0.3) is 0 Å². The fourth-order valence-corrected chi connectivity index (χ4v) is 3.40. The van der Waals surface area contributed by atoms with Crippen LogP contribution in [0.1, 0.15) is 16.7 Å². The number of benzene rings is 3. The highest BCUT2D eigenvalue weighted by atomic mass is 16.7. The third-order valence-corrected chi connectivity index (χ3v) is 4.90. The molecule has 0 spiro atoms. The van der Waals surface area contributed by atoms with E-state index in [0.717, 1.165) is 28.2 Å². The number of rotatable bonds is 6. The first kappa shape index (κ1) is 18.2. The maximum atomic E-state index is 6.19. The monoisotopic (exact) mass is 404 g/mol. The zero-order valence-corrected chi connectivity index (χ0v) is 16.4. The van der Waals surface area contributed by atoms with Gasteiger partial charge in [-0.15, -0.1) is 0 Å². The maximum absolute atomic E-state index is 6.19. The Kier molecular flexibility index (Phi) is 4.81. The Balaban J connectivity index is 1.51. The molecule has 0 amide bonds. The van der Waals surface area contributed by atoms with E-state index in [4.69, 9.17) is 28.4 Å². The zero-order chi connectivity index (χ0) is 20.3. The van der Waals surface area contributed by atoms with Crippen molar-refractivity contribution in [3.8, 4) is 34.5 Å². The molecule has 2 aliphatic heterocycles. The van der Waals surface area contributed by atoms with Crippen molar-refractivity contribution >= 4 is 12.2 Å². The average molecular weight is 404 g/mol. The Morgan fingerprint density at radius 2 is 1.63 bits per heavy atom. The Hall–Kier alpha value is -3.80. The molecular weight excluding hydrogens is 384 g/mol. The number of hydrogen-bond acceptors (Lipinski definition) is 6. The second kappa shape index (κ2) is 7.91. The molecule has 0 N–H and O–H groups in total. The van der Waals surface area contributed by atoms with E-state index >= 15 is 0 Å². The summed E-state index contributed by atoms with van der Waals surface area (Å²) in [5.74, 6) is 3.89. The highest BCUT2D eigenvalue weighted by molar-refractivity contribution is 5.80. The molecule has 0 unspecified atom stereocenters. The normalized spacial score (nSPS) is 13.6. The van der Waals surface area contributed by atoms with Gasteiger partial charge in [-0.05, 0) is 29.3 Å². The van der Waals surface area contributed by atoms with E-state index in [1.807, 2.05) is 66.7 Å². The molecule has 0 fully saturated rings. The van der Waals surface area contributed by atoms with E-state index in [1.54, 1.807) is 7.11 Å². The fourth-order valence-electron chi connectivity index (χ4n) is 3.40. The van der Waals surface area contributed by atoms with Gasteiger partial charge in [0.1, 0.15) is 12.4 Å². The first-order valence-corrected chi connectivity index (χ1v) is 9.57. The van der Waals surface area contributed by atoms with Gasteiger partial charge in [0, 0.05) is 6.07 Å². The summed E-state index contributed by atoms with van der Waals surface area (Å²) in [6.07, 6.45) is 3.91. The molecule has 2 aliphatic rings. The number of fused-ring (bicyclic) bond motifs is 2. The van der Waals surface area contributed by atoms with Crippen molar-refractivity contribution in [2.45, 2.75) is 6.61 Å². The first-order valence-electron chi connectivity index (χ1n) is 9.57. The van der Waals surface area contributed by atoms with E-state index in [0.29, 0.717) is 29.6 Å². The molecule has 3 aromatic carbocycles. The van der Waals surface area contributed by atoms with Crippen molar-refractivity contribution in [3.05, 3.63) is 71.3 Å². The zero-order valence-electron chi connectivity index (χ0n) is 16.4. The molecule has 152 valence electrons. The number of hydrogen-bond donors (Lipinski definition) is 0. The highest BCUT2D eigenvalue weighted by Crippen LogP contribution is 2.49. The van der Waals surface area contributed by atoms with Crippen molar-refractivity contribution in [2.75, 3.05) is 20.7 Å². The highest BCUT2D eigenvalue weighted by Gasteiger charge is 2.25. The molecule has 0 aliphatic carbocycles. The summed E-state index contributed by atoms with van der Waals surface area (Å²) < 4.78 is 33.9. The molecule has 0 atom stereocenters. The Bertz CT molecular complexity index is 1090. The third-order valence-electron chi connectivity index (χ3n) is 4.90. The lowest BCUT2D eigenvalue weighted by Gasteiger charge is -2.15. The Labute approximate surface area is 174 Å². The third kappa shape index (κ3) is 3.48. The number of methoxy groups -OCH3 is 1. The standard InChI is InChI=1S/C24H20O6/c1-25-20-12-22-24(30-15-29-22)23(26-13-17-5-3-2-4-6-17)18(20)9-7-16-8-10-19-21(11-16)28-14-27-19/h2-12H,13-15H2,1H3/b9-7+. The van der Waals surface area contributed by atoms with Gasteiger partial charge in [-0.25, -0.2) is 0 Å². The van der Waals surface area contributed by atoms with Crippen LogP contribution < -0.4 is 28.4 Å². The molecule has 5 rings (SSSR count). The van der Waals surface area contributed by atoms with Crippen molar-refractivity contribution < 1.29 is 28.4 Å². The molecule has 0 radical (unpaired) electrons. The van der Waals surface area contributed by atoms with Crippen LogP contribution >= 0.6 is 0 Å². The van der Waals surface area contributed by atoms with Gasteiger partial charge in [-0.1, -0.05) is 42.5 Å². The second-order valence-corrected chi connectivity index (χ2v) is 6.78. The van der Waals surface area contributed by atoms with Crippen LogP contribution in [0.5, 0.6) is 34.5 Å². The number of ether oxygens (including phenoxy) is 6. The van der Waals surface area contributed by atoms with Gasteiger partial charge >= 0.3 is 0 Å². The minimum absolute atomic E-state index is 0.148. The molecule has 6 nitrogen and oxygen atoms in total. The second-order valence-electron chi connectivity index (χ2n) is 6.78. The van der Waals surface area contributed by atoms with Crippen LogP contribution in [-0.4, -0.2) is 20.7 Å². The quantitative estimate of drug-likeness (QED) is 0.545. The predicted octanol–water partition coefficient (Wildman–Crippen LogP) is 4.90. The van der Waals surface area contributed by atoms with Gasteiger partial charge in [0.2, 0.25) is 19.3 Å². The van der Waals surface area contributed by atoms with Crippen LogP contribution in [0.3, 0.4) is 0 Å². The molecule has 0 saturated heterocycles. The van der Waals surface area contributed by atoms with Crippen molar-refractivity contribution in [3.63, 3.8) is 0 Å². The lowest BCUT2D eigenvalue weighted by Crippen LogP contribution is -2.00. The first-order chi connectivity index (χ1) is 14.8. The Morgan fingerprint density at radius 3 is 2.50 bits per heavy atom. The minimum Gasteiger partial charge on any atom is -0.496 e. The van der Waals surface area contributed by atoms with Crippen LogP contribution in [0.2, 0.25) is 0 Å². The molecule has 30 heavy (non-hydrogen) atoms. The summed E-state index contributed by atoms with van der Waals surface area (Å²) in [6, 6.07) is 17.6. The molecule has 2 heterocycles. The molecule has 3 aromatic rings. The summed E-state index contributed by atoms with van der Waals surface area (Å²) in [5.41, 5.74) is 2.79. The van der Waals surface area contributed by atoms with Gasteiger partial charge in [0.05, 0.1) is 12.7 Å². The molecule has 0 bridgehead atoms. The summed E-state index contributed by atoms with van der Waals surface area (Å²) in [5, 5.41) is 0. The SMILES string of the molecule is COc1cc2c(c(OCc3ccccc3)c1/C=C/c1ccc3c(c1)OCO3)OCO2. The summed E-state index contributed by atoms with van der Waals surface area (Å²) in [6.45, 7) is 0.792. The molecule has 6 heteroatoms. The molecule has 0 saturated carbocycles. The van der Waals surface area contributed by atoms with Gasteiger partial charge in [-0.2, -0.15) is 0 Å². The lowest BCUT2D eigenvalue weighted by molar-refractivity contribution is 0.169. The van der Waals surface area contributed by atoms with E-state index in [-0.39, 0.29) is 13.6 Å².